The third-order valence-electron chi connectivity index (χ3n) is 4.80. The van der Waals surface area contributed by atoms with Gasteiger partial charge >= 0.3 is 0 Å². The summed E-state index contributed by atoms with van der Waals surface area (Å²) in [5, 5.41) is 12.9. The van der Waals surface area contributed by atoms with Gasteiger partial charge in [-0.2, -0.15) is 0 Å². The molecule has 1 rings (SSSR count). The summed E-state index contributed by atoms with van der Waals surface area (Å²) < 4.78 is 5.14. The molecule has 4 heteroatoms. The maximum absolute atomic E-state index is 9.33. The first kappa shape index (κ1) is 18.9. The van der Waals surface area contributed by atoms with Crippen molar-refractivity contribution >= 4 is 0 Å². The summed E-state index contributed by atoms with van der Waals surface area (Å²) in [6, 6.07) is 0.497. The first-order valence-electron chi connectivity index (χ1n) is 8.68. The highest BCUT2D eigenvalue weighted by Gasteiger charge is 2.33. The van der Waals surface area contributed by atoms with E-state index in [2.05, 4.69) is 24.1 Å². The molecule has 0 heterocycles. The van der Waals surface area contributed by atoms with Gasteiger partial charge in [0.1, 0.15) is 0 Å². The number of ether oxygens (including phenoxy) is 1. The van der Waals surface area contributed by atoms with Crippen LogP contribution in [-0.4, -0.2) is 62.6 Å². The Kier molecular flexibility index (Phi) is 9.49. The largest absolute Gasteiger partial charge is 0.395 e. The molecule has 1 fully saturated rings. The number of nitrogens with one attached hydrogen (secondary N) is 1. The van der Waals surface area contributed by atoms with Gasteiger partial charge in [-0.3, -0.25) is 4.90 Å². The summed E-state index contributed by atoms with van der Waals surface area (Å²) in [5.74, 6) is 0. The molecule has 4 nitrogen and oxygen atoms in total. The van der Waals surface area contributed by atoms with Crippen LogP contribution in [0.25, 0.3) is 0 Å². The van der Waals surface area contributed by atoms with Gasteiger partial charge in [-0.25, -0.2) is 0 Å². The van der Waals surface area contributed by atoms with E-state index in [1.807, 2.05) is 0 Å². The second-order valence-corrected chi connectivity index (χ2v) is 6.87. The van der Waals surface area contributed by atoms with Crippen molar-refractivity contribution in [3.63, 3.8) is 0 Å². The molecule has 1 aliphatic rings. The minimum absolute atomic E-state index is 0.255. The average molecular weight is 300 g/mol. The maximum atomic E-state index is 9.33. The molecule has 0 unspecified atom stereocenters. The lowest BCUT2D eigenvalue weighted by Gasteiger charge is -2.40. The smallest absolute Gasteiger partial charge is 0.0587 e. The Morgan fingerprint density at radius 1 is 1.19 bits per heavy atom. The zero-order valence-electron chi connectivity index (χ0n) is 14.4. The fourth-order valence-electron chi connectivity index (χ4n) is 3.48. The summed E-state index contributed by atoms with van der Waals surface area (Å²) in [5.41, 5.74) is 0.365. The number of methoxy groups -OCH3 is 1. The van der Waals surface area contributed by atoms with Gasteiger partial charge in [-0.15, -0.1) is 0 Å². The average Bonchev–Trinajstić information content (AvgIpc) is 2.69. The Balaban J connectivity index is 2.64. The van der Waals surface area contributed by atoms with Crippen LogP contribution in [0.4, 0.5) is 0 Å². The van der Waals surface area contributed by atoms with E-state index in [0.717, 1.165) is 32.8 Å². The maximum Gasteiger partial charge on any atom is 0.0587 e. The van der Waals surface area contributed by atoms with Gasteiger partial charge in [0.2, 0.25) is 0 Å². The monoisotopic (exact) mass is 300 g/mol. The minimum Gasteiger partial charge on any atom is -0.395 e. The van der Waals surface area contributed by atoms with E-state index in [4.69, 9.17) is 4.74 Å². The number of aliphatic hydroxyl groups excluding tert-OH is 1. The second kappa shape index (κ2) is 10.5. The molecular weight excluding hydrogens is 264 g/mol. The standard InChI is InChI=1S/C17H36N2O2/c1-16(2)19(11-12-20)15-17(14-18-10-13-21-3)8-6-4-5-7-9-17/h16,18,20H,4-15H2,1-3H3. The van der Waals surface area contributed by atoms with Crippen molar-refractivity contribution in [1.29, 1.82) is 0 Å². The summed E-state index contributed by atoms with van der Waals surface area (Å²) in [7, 11) is 1.75. The van der Waals surface area contributed by atoms with Crippen LogP contribution in [0.15, 0.2) is 0 Å². The fraction of sp³-hybridized carbons (Fsp3) is 1.00. The molecule has 2 N–H and O–H groups in total. The second-order valence-electron chi connectivity index (χ2n) is 6.87. The SMILES string of the molecule is COCCNCC1(CN(CCO)C(C)C)CCCCCC1. The molecule has 0 amide bonds. The van der Waals surface area contributed by atoms with Crippen molar-refractivity contribution < 1.29 is 9.84 Å². The van der Waals surface area contributed by atoms with Crippen molar-refractivity contribution in [2.45, 2.75) is 58.4 Å². The van der Waals surface area contributed by atoms with Crippen LogP contribution < -0.4 is 5.32 Å². The van der Waals surface area contributed by atoms with Crippen molar-refractivity contribution in [2.75, 3.05) is 46.5 Å². The molecule has 1 aliphatic carbocycles. The normalized spacial score (nSPS) is 19.1. The summed E-state index contributed by atoms with van der Waals surface area (Å²) in [6.07, 6.45) is 8.06. The van der Waals surface area contributed by atoms with Crippen molar-refractivity contribution in [1.82, 2.24) is 10.2 Å². The van der Waals surface area contributed by atoms with Gasteiger partial charge in [0.25, 0.3) is 0 Å². The zero-order valence-corrected chi connectivity index (χ0v) is 14.4. The van der Waals surface area contributed by atoms with Crippen LogP contribution in [0.1, 0.15) is 52.4 Å². The quantitative estimate of drug-likeness (QED) is 0.480. The number of nitrogens with zero attached hydrogens (tertiary/aromatic N) is 1. The third-order valence-corrected chi connectivity index (χ3v) is 4.80. The van der Waals surface area contributed by atoms with E-state index >= 15 is 0 Å². The zero-order chi connectivity index (χ0) is 15.6. The molecule has 0 radical (unpaired) electrons. The summed E-state index contributed by atoms with van der Waals surface area (Å²) in [6.45, 7) is 9.40. The highest BCUT2D eigenvalue weighted by atomic mass is 16.5. The van der Waals surface area contributed by atoms with Gasteiger partial charge in [0, 0.05) is 39.3 Å². The molecule has 0 spiro atoms. The Morgan fingerprint density at radius 3 is 2.38 bits per heavy atom. The van der Waals surface area contributed by atoms with Crippen LogP contribution in [0.3, 0.4) is 0 Å². The Hall–Kier alpha value is -0.160. The molecule has 0 aromatic carbocycles. The van der Waals surface area contributed by atoms with E-state index in [1.54, 1.807) is 7.11 Å². The number of hydrogen-bond donors (Lipinski definition) is 2. The lowest BCUT2D eigenvalue weighted by molar-refractivity contribution is 0.0841. The molecule has 21 heavy (non-hydrogen) atoms. The number of rotatable bonds is 10. The van der Waals surface area contributed by atoms with Gasteiger partial charge in [0.05, 0.1) is 13.2 Å². The molecule has 126 valence electrons. The van der Waals surface area contributed by atoms with Crippen LogP contribution >= 0.6 is 0 Å². The molecule has 0 aliphatic heterocycles. The lowest BCUT2D eigenvalue weighted by atomic mass is 9.79. The van der Waals surface area contributed by atoms with Crippen LogP contribution in [-0.2, 0) is 4.74 Å². The van der Waals surface area contributed by atoms with Crippen molar-refractivity contribution in [3.8, 4) is 0 Å². The van der Waals surface area contributed by atoms with E-state index < -0.39 is 0 Å². The van der Waals surface area contributed by atoms with Gasteiger partial charge in [-0.05, 0) is 32.1 Å². The first-order valence-corrected chi connectivity index (χ1v) is 8.68. The van der Waals surface area contributed by atoms with Crippen LogP contribution in [0, 0.1) is 5.41 Å². The van der Waals surface area contributed by atoms with Gasteiger partial charge < -0.3 is 15.2 Å². The molecular formula is C17H36N2O2. The van der Waals surface area contributed by atoms with E-state index in [-0.39, 0.29) is 6.61 Å². The predicted molar refractivity (Wildman–Crippen MR) is 88.7 cm³/mol. The van der Waals surface area contributed by atoms with E-state index in [0.29, 0.717) is 11.5 Å². The Labute approximate surface area is 131 Å². The summed E-state index contributed by atoms with van der Waals surface area (Å²) >= 11 is 0. The van der Waals surface area contributed by atoms with E-state index in [1.165, 1.54) is 38.5 Å². The molecule has 0 aromatic heterocycles. The predicted octanol–water partition coefficient (Wildman–Crippen LogP) is 2.27. The van der Waals surface area contributed by atoms with E-state index in [9.17, 15) is 5.11 Å². The number of aliphatic hydroxyl groups is 1. The fourth-order valence-corrected chi connectivity index (χ4v) is 3.48. The molecule has 0 saturated heterocycles. The minimum atomic E-state index is 0.255. The first-order chi connectivity index (χ1) is 10.1. The lowest BCUT2D eigenvalue weighted by Crippen LogP contribution is -2.47. The Morgan fingerprint density at radius 2 is 1.86 bits per heavy atom. The topological polar surface area (TPSA) is 44.7 Å². The molecule has 0 bridgehead atoms. The third kappa shape index (κ3) is 7.09. The van der Waals surface area contributed by atoms with Gasteiger partial charge in [-0.1, -0.05) is 25.7 Å². The number of hydrogen-bond acceptors (Lipinski definition) is 4. The van der Waals surface area contributed by atoms with Crippen LogP contribution in [0.5, 0.6) is 0 Å². The Bertz CT molecular complexity index is 251. The molecule has 1 saturated carbocycles. The molecule has 0 atom stereocenters. The van der Waals surface area contributed by atoms with Crippen molar-refractivity contribution in [3.05, 3.63) is 0 Å². The summed E-state index contributed by atoms with van der Waals surface area (Å²) in [4.78, 5) is 2.45. The van der Waals surface area contributed by atoms with Gasteiger partial charge in [0.15, 0.2) is 0 Å². The van der Waals surface area contributed by atoms with Crippen LogP contribution in [0.2, 0.25) is 0 Å². The highest BCUT2D eigenvalue weighted by molar-refractivity contribution is 4.87. The van der Waals surface area contributed by atoms with Crippen molar-refractivity contribution in [2.24, 2.45) is 5.41 Å². The molecule has 0 aromatic rings. The highest BCUT2D eigenvalue weighted by Crippen LogP contribution is 2.35.